The predicted molar refractivity (Wildman–Crippen MR) is 89.6 cm³/mol. The van der Waals surface area contributed by atoms with E-state index in [1.807, 2.05) is 19.0 Å². The van der Waals surface area contributed by atoms with Gasteiger partial charge in [0.25, 0.3) is 5.91 Å². The number of nitrogens with one attached hydrogen (secondary N) is 1. The van der Waals surface area contributed by atoms with E-state index in [4.69, 9.17) is 28.9 Å². The summed E-state index contributed by atoms with van der Waals surface area (Å²) in [5.41, 5.74) is 8.39. The quantitative estimate of drug-likeness (QED) is 0.842. The number of hydrogen-bond acceptors (Lipinski definition) is 3. The van der Waals surface area contributed by atoms with Crippen LogP contribution in [-0.4, -0.2) is 20.0 Å². The van der Waals surface area contributed by atoms with Gasteiger partial charge in [-0.15, -0.1) is 0 Å². The number of nitrogens with zero attached hydrogens (tertiary/aromatic N) is 1. The Morgan fingerprint density at radius 2 is 1.81 bits per heavy atom. The lowest BCUT2D eigenvalue weighted by Gasteiger charge is -2.16. The number of hydrogen-bond donors (Lipinski definition) is 2. The Labute approximate surface area is 133 Å². The molecule has 0 aromatic heterocycles. The van der Waals surface area contributed by atoms with Gasteiger partial charge in [0.15, 0.2) is 0 Å². The molecule has 2 aromatic rings. The molecule has 0 heterocycles. The monoisotopic (exact) mass is 323 g/mol. The van der Waals surface area contributed by atoms with Gasteiger partial charge in [-0.2, -0.15) is 0 Å². The van der Waals surface area contributed by atoms with Crippen molar-refractivity contribution in [2.24, 2.45) is 0 Å². The molecule has 4 nitrogen and oxygen atoms in total. The van der Waals surface area contributed by atoms with Crippen molar-refractivity contribution in [2.75, 3.05) is 30.0 Å². The lowest BCUT2D eigenvalue weighted by Crippen LogP contribution is -2.15. The van der Waals surface area contributed by atoms with E-state index in [2.05, 4.69) is 5.32 Å². The standard InChI is InChI=1S/C15H15Cl2N3O/c1-20(2)14-6-3-9(7-13(14)18)15(21)19-10-4-5-11(16)12(17)8-10/h3-8H,18H2,1-2H3,(H,19,21). The van der Waals surface area contributed by atoms with Crippen molar-refractivity contribution < 1.29 is 4.79 Å². The van der Waals surface area contributed by atoms with Gasteiger partial charge in [-0.3, -0.25) is 4.79 Å². The van der Waals surface area contributed by atoms with Gasteiger partial charge in [-0.05, 0) is 36.4 Å². The van der Waals surface area contributed by atoms with Gasteiger partial charge in [-0.25, -0.2) is 0 Å². The SMILES string of the molecule is CN(C)c1ccc(C(=O)Nc2ccc(Cl)c(Cl)c2)cc1N. The first-order valence-electron chi connectivity index (χ1n) is 6.21. The molecule has 0 aliphatic heterocycles. The van der Waals surface area contributed by atoms with Crippen molar-refractivity contribution in [3.8, 4) is 0 Å². The number of nitrogen functional groups attached to an aromatic ring is 1. The fourth-order valence-corrected chi connectivity index (χ4v) is 2.18. The molecule has 0 aliphatic rings. The molecule has 0 unspecified atom stereocenters. The first-order chi connectivity index (χ1) is 9.88. The van der Waals surface area contributed by atoms with E-state index in [1.165, 1.54) is 0 Å². The topological polar surface area (TPSA) is 58.4 Å². The number of amides is 1. The first kappa shape index (κ1) is 15.5. The van der Waals surface area contributed by atoms with Crippen LogP contribution in [0.25, 0.3) is 0 Å². The Kier molecular flexibility index (Phi) is 4.60. The Morgan fingerprint density at radius 1 is 1.10 bits per heavy atom. The molecule has 0 radical (unpaired) electrons. The van der Waals surface area contributed by atoms with Gasteiger partial charge in [-0.1, -0.05) is 23.2 Å². The maximum atomic E-state index is 12.2. The van der Waals surface area contributed by atoms with Gasteiger partial charge >= 0.3 is 0 Å². The Balaban J connectivity index is 2.20. The number of rotatable bonds is 3. The zero-order valence-corrected chi connectivity index (χ0v) is 13.2. The fraction of sp³-hybridized carbons (Fsp3) is 0.133. The summed E-state index contributed by atoms with van der Waals surface area (Å²) < 4.78 is 0. The van der Waals surface area contributed by atoms with Crippen molar-refractivity contribution in [1.29, 1.82) is 0 Å². The third-order valence-electron chi connectivity index (χ3n) is 2.95. The van der Waals surface area contributed by atoms with Crippen LogP contribution >= 0.6 is 23.2 Å². The molecule has 0 aliphatic carbocycles. The van der Waals surface area contributed by atoms with Crippen LogP contribution in [0.15, 0.2) is 36.4 Å². The van der Waals surface area contributed by atoms with Crippen LogP contribution in [0.1, 0.15) is 10.4 Å². The molecular weight excluding hydrogens is 309 g/mol. The van der Waals surface area contributed by atoms with Crippen molar-refractivity contribution in [2.45, 2.75) is 0 Å². The third-order valence-corrected chi connectivity index (χ3v) is 3.69. The minimum atomic E-state index is -0.259. The summed E-state index contributed by atoms with van der Waals surface area (Å²) in [6.07, 6.45) is 0. The zero-order chi connectivity index (χ0) is 15.6. The first-order valence-corrected chi connectivity index (χ1v) is 6.97. The molecule has 0 spiro atoms. The number of benzene rings is 2. The highest BCUT2D eigenvalue weighted by atomic mass is 35.5. The highest BCUT2D eigenvalue weighted by Crippen LogP contribution is 2.26. The summed E-state index contributed by atoms with van der Waals surface area (Å²) in [5, 5.41) is 3.58. The largest absolute Gasteiger partial charge is 0.397 e. The molecule has 0 bridgehead atoms. The average molecular weight is 324 g/mol. The molecule has 0 saturated heterocycles. The van der Waals surface area contributed by atoms with Crippen LogP contribution in [0.5, 0.6) is 0 Å². The Bertz CT molecular complexity index is 687. The second-order valence-corrected chi connectivity index (χ2v) is 5.57. The molecule has 3 N–H and O–H groups in total. The summed E-state index contributed by atoms with van der Waals surface area (Å²) in [5.74, 6) is -0.259. The summed E-state index contributed by atoms with van der Waals surface area (Å²) in [7, 11) is 3.78. The Hall–Kier alpha value is -1.91. The van der Waals surface area contributed by atoms with E-state index >= 15 is 0 Å². The van der Waals surface area contributed by atoms with Crippen molar-refractivity contribution in [3.63, 3.8) is 0 Å². The van der Waals surface area contributed by atoms with Crippen LogP contribution in [0.3, 0.4) is 0 Å². The van der Waals surface area contributed by atoms with Gasteiger partial charge in [0.05, 0.1) is 21.4 Å². The maximum Gasteiger partial charge on any atom is 0.255 e. The molecule has 21 heavy (non-hydrogen) atoms. The summed E-state index contributed by atoms with van der Waals surface area (Å²) in [4.78, 5) is 14.1. The maximum absolute atomic E-state index is 12.2. The van der Waals surface area contributed by atoms with Gasteiger partial charge in [0.1, 0.15) is 0 Å². The molecule has 6 heteroatoms. The van der Waals surface area contributed by atoms with Gasteiger partial charge < -0.3 is 16.0 Å². The average Bonchev–Trinajstić information content (AvgIpc) is 2.42. The molecule has 1 amide bonds. The van der Waals surface area contributed by atoms with Crippen LogP contribution in [0.2, 0.25) is 10.0 Å². The molecule has 2 rings (SSSR count). The number of carbonyl (C=O) groups excluding carboxylic acids is 1. The van der Waals surface area contributed by atoms with Crippen LogP contribution in [0, 0.1) is 0 Å². The van der Waals surface area contributed by atoms with Crippen LogP contribution in [-0.2, 0) is 0 Å². The normalized spacial score (nSPS) is 10.3. The molecule has 0 saturated carbocycles. The van der Waals surface area contributed by atoms with Gasteiger partial charge in [0, 0.05) is 25.3 Å². The molecular formula is C15H15Cl2N3O. The lowest BCUT2D eigenvalue weighted by atomic mass is 10.1. The van der Waals surface area contributed by atoms with Crippen LogP contribution < -0.4 is 16.0 Å². The third kappa shape index (κ3) is 3.60. The molecule has 110 valence electrons. The second kappa shape index (κ2) is 6.24. The van der Waals surface area contributed by atoms with E-state index in [0.29, 0.717) is 27.0 Å². The zero-order valence-electron chi connectivity index (χ0n) is 11.7. The second-order valence-electron chi connectivity index (χ2n) is 4.75. The highest BCUT2D eigenvalue weighted by Gasteiger charge is 2.10. The van der Waals surface area contributed by atoms with Crippen molar-refractivity contribution in [3.05, 3.63) is 52.0 Å². The number of carbonyl (C=O) groups is 1. The minimum Gasteiger partial charge on any atom is -0.397 e. The van der Waals surface area contributed by atoms with Gasteiger partial charge in [0.2, 0.25) is 0 Å². The van der Waals surface area contributed by atoms with E-state index in [-0.39, 0.29) is 5.91 Å². The van der Waals surface area contributed by atoms with Crippen LogP contribution in [0.4, 0.5) is 17.1 Å². The predicted octanol–water partition coefficient (Wildman–Crippen LogP) is 3.89. The van der Waals surface area contributed by atoms with E-state index in [0.717, 1.165) is 5.69 Å². The van der Waals surface area contributed by atoms with E-state index in [1.54, 1.807) is 36.4 Å². The molecule has 0 fully saturated rings. The lowest BCUT2D eigenvalue weighted by molar-refractivity contribution is 0.102. The molecule has 2 aromatic carbocycles. The Morgan fingerprint density at radius 3 is 2.38 bits per heavy atom. The number of anilines is 3. The molecule has 0 atom stereocenters. The van der Waals surface area contributed by atoms with Crippen molar-refractivity contribution in [1.82, 2.24) is 0 Å². The number of nitrogens with two attached hydrogens (primary N) is 1. The summed E-state index contributed by atoms with van der Waals surface area (Å²) in [6.45, 7) is 0. The number of halogens is 2. The summed E-state index contributed by atoms with van der Waals surface area (Å²) >= 11 is 11.8. The van der Waals surface area contributed by atoms with E-state index in [9.17, 15) is 4.79 Å². The van der Waals surface area contributed by atoms with E-state index < -0.39 is 0 Å². The smallest absolute Gasteiger partial charge is 0.255 e. The minimum absolute atomic E-state index is 0.259. The highest BCUT2D eigenvalue weighted by molar-refractivity contribution is 6.42. The fourth-order valence-electron chi connectivity index (χ4n) is 1.88. The van der Waals surface area contributed by atoms with Crippen molar-refractivity contribution >= 4 is 46.2 Å². The summed E-state index contributed by atoms with van der Waals surface area (Å²) in [6, 6.07) is 10.1.